The Labute approximate surface area is 161 Å². The van der Waals surface area contributed by atoms with Crippen molar-refractivity contribution in [2.45, 2.75) is 40.7 Å². The van der Waals surface area contributed by atoms with Crippen LogP contribution in [0.5, 0.6) is 5.75 Å². The predicted octanol–water partition coefficient (Wildman–Crippen LogP) is 4.10. The molecule has 0 saturated carbocycles. The van der Waals surface area contributed by atoms with Crippen LogP contribution in [0.3, 0.4) is 0 Å². The quantitative estimate of drug-likeness (QED) is 0.773. The molecule has 0 spiro atoms. The first-order chi connectivity index (χ1) is 12.8. The van der Waals surface area contributed by atoms with E-state index in [0.717, 1.165) is 16.8 Å². The second-order valence-electron chi connectivity index (χ2n) is 6.91. The standard InChI is InChI=1S/C22H28N2O3/c1-6-27-19-10-8-7-9-18(19)21(25)24-20(14(2)3)22(26)23-17-12-11-15(4)16(5)13-17/h7-14,20H,6H2,1-5H3,(H,23,26)(H,24,25)/t20-/m1/s1. The number of para-hydroxylation sites is 1. The first-order valence-corrected chi connectivity index (χ1v) is 9.24. The highest BCUT2D eigenvalue weighted by atomic mass is 16.5. The summed E-state index contributed by atoms with van der Waals surface area (Å²) < 4.78 is 5.52. The van der Waals surface area contributed by atoms with Crippen molar-refractivity contribution in [1.82, 2.24) is 5.32 Å². The van der Waals surface area contributed by atoms with Crippen LogP contribution in [0.25, 0.3) is 0 Å². The molecule has 0 aliphatic rings. The van der Waals surface area contributed by atoms with Crippen molar-refractivity contribution < 1.29 is 14.3 Å². The van der Waals surface area contributed by atoms with Crippen LogP contribution in [-0.4, -0.2) is 24.5 Å². The molecule has 5 heteroatoms. The average Bonchev–Trinajstić information content (AvgIpc) is 2.63. The van der Waals surface area contributed by atoms with Gasteiger partial charge in [-0.3, -0.25) is 9.59 Å². The van der Waals surface area contributed by atoms with E-state index in [-0.39, 0.29) is 17.7 Å². The van der Waals surface area contributed by atoms with Crippen molar-refractivity contribution in [3.05, 3.63) is 59.2 Å². The number of hydrogen-bond donors (Lipinski definition) is 2. The smallest absolute Gasteiger partial charge is 0.255 e. The Balaban J connectivity index is 2.16. The minimum atomic E-state index is -0.659. The van der Waals surface area contributed by atoms with Gasteiger partial charge in [0.05, 0.1) is 12.2 Å². The van der Waals surface area contributed by atoms with Crippen LogP contribution in [-0.2, 0) is 4.79 Å². The van der Waals surface area contributed by atoms with Crippen LogP contribution in [0.15, 0.2) is 42.5 Å². The zero-order valence-electron chi connectivity index (χ0n) is 16.6. The van der Waals surface area contributed by atoms with Crippen molar-refractivity contribution in [3.8, 4) is 5.75 Å². The fourth-order valence-corrected chi connectivity index (χ4v) is 2.73. The normalized spacial score (nSPS) is 11.8. The van der Waals surface area contributed by atoms with E-state index < -0.39 is 6.04 Å². The number of carbonyl (C=O) groups is 2. The summed E-state index contributed by atoms with van der Waals surface area (Å²) in [6.07, 6.45) is 0. The second kappa shape index (κ2) is 9.21. The molecule has 0 aliphatic carbocycles. The number of rotatable bonds is 7. The van der Waals surface area contributed by atoms with Gasteiger partial charge in [0, 0.05) is 5.69 Å². The van der Waals surface area contributed by atoms with E-state index in [1.165, 1.54) is 0 Å². The topological polar surface area (TPSA) is 67.4 Å². The Kier molecular flexibility index (Phi) is 6.99. The van der Waals surface area contributed by atoms with E-state index in [9.17, 15) is 9.59 Å². The molecule has 0 aliphatic heterocycles. The molecule has 0 unspecified atom stereocenters. The molecule has 0 fully saturated rings. The zero-order valence-corrected chi connectivity index (χ0v) is 16.6. The molecule has 2 aromatic rings. The first-order valence-electron chi connectivity index (χ1n) is 9.24. The molecular formula is C22H28N2O3. The fourth-order valence-electron chi connectivity index (χ4n) is 2.73. The van der Waals surface area contributed by atoms with E-state index >= 15 is 0 Å². The lowest BCUT2D eigenvalue weighted by atomic mass is 10.0. The molecule has 0 saturated heterocycles. The summed E-state index contributed by atoms with van der Waals surface area (Å²) in [5.41, 5.74) is 3.40. The number of ether oxygens (including phenoxy) is 1. The van der Waals surface area contributed by atoms with Crippen LogP contribution in [0, 0.1) is 19.8 Å². The molecule has 2 aromatic carbocycles. The van der Waals surface area contributed by atoms with Crippen molar-refractivity contribution in [2.24, 2.45) is 5.92 Å². The molecule has 5 nitrogen and oxygen atoms in total. The Morgan fingerprint density at radius 2 is 1.74 bits per heavy atom. The van der Waals surface area contributed by atoms with Crippen molar-refractivity contribution in [3.63, 3.8) is 0 Å². The van der Waals surface area contributed by atoms with E-state index in [0.29, 0.717) is 17.9 Å². The highest BCUT2D eigenvalue weighted by molar-refractivity contribution is 6.02. The summed E-state index contributed by atoms with van der Waals surface area (Å²) in [5.74, 6) is -0.127. The molecule has 2 amide bonds. The second-order valence-corrected chi connectivity index (χ2v) is 6.91. The Morgan fingerprint density at radius 3 is 2.37 bits per heavy atom. The lowest BCUT2D eigenvalue weighted by Gasteiger charge is -2.22. The van der Waals surface area contributed by atoms with Crippen molar-refractivity contribution in [1.29, 1.82) is 0 Å². The van der Waals surface area contributed by atoms with Gasteiger partial charge in [0.1, 0.15) is 11.8 Å². The highest BCUT2D eigenvalue weighted by Gasteiger charge is 2.26. The summed E-state index contributed by atoms with van der Waals surface area (Å²) in [4.78, 5) is 25.5. The van der Waals surface area contributed by atoms with E-state index in [2.05, 4.69) is 10.6 Å². The molecular weight excluding hydrogens is 340 g/mol. The summed E-state index contributed by atoms with van der Waals surface area (Å²) in [5, 5.41) is 5.75. The van der Waals surface area contributed by atoms with Gasteiger partial charge in [0.2, 0.25) is 5.91 Å². The maximum absolute atomic E-state index is 12.8. The summed E-state index contributed by atoms with van der Waals surface area (Å²) in [6.45, 7) is 10.2. The van der Waals surface area contributed by atoms with Gasteiger partial charge in [-0.25, -0.2) is 0 Å². The predicted molar refractivity (Wildman–Crippen MR) is 108 cm³/mol. The van der Waals surface area contributed by atoms with Gasteiger partial charge < -0.3 is 15.4 Å². The van der Waals surface area contributed by atoms with Crippen LogP contribution in [0.1, 0.15) is 42.3 Å². The molecule has 0 aromatic heterocycles. The van der Waals surface area contributed by atoms with Gasteiger partial charge in [-0.1, -0.05) is 32.0 Å². The summed E-state index contributed by atoms with van der Waals surface area (Å²) in [6, 6.07) is 12.1. The van der Waals surface area contributed by atoms with Crippen molar-refractivity contribution >= 4 is 17.5 Å². The van der Waals surface area contributed by atoms with Crippen LogP contribution in [0.2, 0.25) is 0 Å². The minimum Gasteiger partial charge on any atom is -0.493 e. The zero-order chi connectivity index (χ0) is 20.0. The lowest BCUT2D eigenvalue weighted by Crippen LogP contribution is -2.47. The summed E-state index contributed by atoms with van der Waals surface area (Å²) >= 11 is 0. The third-order valence-electron chi connectivity index (χ3n) is 4.44. The van der Waals surface area contributed by atoms with Gasteiger partial charge in [-0.05, 0) is 62.1 Å². The average molecular weight is 368 g/mol. The Morgan fingerprint density at radius 1 is 1.04 bits per heavy atom. The van der Waals surface area contributed by atoms with Gasteiger partial charge in [0.15, 0.2) is 0 Å². The number of benzene rings is 2. The fraction of sp³-hybridized carbons (Fsp3) is 0.364. The number of hydrogen-bond acceptors (Lipinski definition) is 3. The van der Waals surface area contributed by atoms with E-state index in [1.807, 2.05) is 58.9 Å². The van der Waals surface area contributed by atoms with Gasteiger partial charge in [0.25, 0.3) is 5.91 Å². The van der Waals surface area contributed by atoms with E-state index in [1.54, 1.807) is 18.2 Å². The Bertz CT molecular complexity index is 815. The number of aryl methyl sites for hydroxylation is 2. The summed E-state index contributed by atoms with van der Waals surface area (Å²) in [7, 11) is 0. The molecule has 0 radical (unpaired) electrons. The van der Waals surface area contributed by atoms with Gasteiger partial charge in [-0.15, -0.1) is 0 Å². The molecule has 0 heterocycles. The number of amides is 2. The molecule has 144 valence electrons. The monoisotopic (exact) mass is 368 g/mol. The molecule has 2 rings (SSSR count). The lowest BCUT2D eigenvalue weighted by molar-refractivity contribution is -0.118. The largest absolute Gasteiger partial charge is 0.493 e. The molecule has 27 heavy (non-hydrogen) atoms. The maximum Gasteiger partial charge on any atom is 0.255 e. The van der Waals surface area contributed by atoms with Crippen LogP contribution >= 0.6 is 0 Å². The molecule has 0 bridgehead atoms. The molecule has 1 atom stereocenters. The highest BCUT2D eigenvalue weighted by Crippen LogP contribution is 2.19. The third-order valence-corrected chi connectivity index (χ3v) is 4.44. The maximum atomic E-state index is 12.8. The number of anilines is 1. The van der Waals surface area contributed by atoms with Gasteiger partial charge in [-0.2, -0.15) is 0 Å². The number of carbonyl (C=O) groups excluding carboxylic acids is 2. The minimum absolute atomic E-state index is 0.0697. The third kappa shape index (κ3) is 5.33. The van der Waals surface area contributed by atoms with Gasteiger partial charge >= 0.3 is 0 Å². The van der Waals surface area contributed by atoms with E-state index in [4.69, 9.17) is 4.74 Å². The van der Waals surface area contributed by atoms with Crippen LogP contribution < -0.4 is 15.4 Å². The number of nitrogens with one attached hydrogen (secondary N) is 2. The Hall–Kier alpha value is -2.82. The van der Waals surface area contributed by atoms with Crippen LogP contribution in [0.4, 0.5) is 5.69 Å². The van der Waals surface area contributed by atoms with Crippen molar-refractivity contribution in [2.75, 3.05) is 11.9 Å². The molecule has 2 N–H and O–H groups in total. The SMILES string of the molecule is CCOc1ccccc1C(=O)N[C@@H](C(=O)Nc1ccc(C)c(C)c1)C(C)C. The first kappa shape index (κ1) is 20.5.